The van der Waals surface area contributed by atoms with E-state index in [1.54, 1.807) is 45.0 Å². The Bertz CT molecular complexity index is 683. The van der Waals surface area contributed by atoms with Crippen molar-refractivity contribution in [1.82, 2.24) is 10.2 Å². The number of rotatable bonds is 3. The molecule has 136 valence electrons. The van der Waals surface area contributed by atoms with Gasteiger partial charge in [0.1, 0.15) is 5.60 Å². The molecule has 0 aliphatic carbocycles. The van der Waals surface area contributed by atoms with E-state index in [0.29, 0.717) is 5.56 Å². The number of carbonyl (C=O) groups excluding carboxylic acids is 2. The van der Waals surface area contributed by atoms with E-state index in [-0.39, 0.29) is 25.4 Å². The Kier molecular flexibility index (Phi) is 5.41. The summed E-state index contributed by atoms with van der Waals surface area (Å²) in [6.07, 6.45) is -0.697. The van der Waals surface area contributed by atoms with Gasteiger partial charge in [-0.1, -0.05) is 15.9 Å². The van der Waals surface area contributed by atoms with Crippen LogP contribution in [0.5, 0.6) is 0 Å². The number of benzene rings is 1. The number of likely N-dealkylation sites (tertiary alicyclic amines) is 1. The summed E-state index contributed by atoms with van der Waals surface area (Å²) in [6, 6.07) is 6.81. The fourth-order valence-corrected chi connectivity index (χ4v) is 2.85. The molecule has 0 saturated carbocycles. The van der Waals surface area contributed by atoms with E-state index in [9.17, 15) is 19.5 Å². The van der Waals surface area contributed by atoms with Gasteiger partial charge in [0.25, 0.3) is 5.91 Å². The van der Waals surface area contributed by atoms with Crippen molar-refractivity contribution in [1.29, 1.82) is 0 Å². The predicted octanol–water partition coefficient (Wildman–Crippen LogP) is 2.64. The minimum atomic E-state index is -1.55. The Morgan fingerprint density at radius 3 is 2.36 bits per heavy atom. The number of alkyl carbamates (subject to hydrolysis) is 1. The van der Waals surface area contributed by atoms with Crippen LogP contribution in [-0.2, 0) is 9.53 Å². The largest absolute Gasteiger partial charge is 0.479 e. The fourth-order valence-electron chi connectivity index (χ4n) is 2.59. The summed E-state index contributed by atoms with van der Waals surface area (Å²) in [4.78, 5) is 37.7. The third-order valence-electron chi connectivity index (χ3n) is 3.80. The first-order valence-corrected chi connectivity index (χ1v) is 8.61. The van der Waals surface area contributed by atoms with E-state index in [4.69, 9.17) is 4.74 Å². The molecule has 1 aromatic rings. The summed E-state index contributed by atoms with van der Waals surface area (Å²) in [5.74, 6) is -1.47. The molecule has 0 radical (unpaired) electrons. The van der Waals surface area contributed by atoms with Crippen LogP contribution in [0.2, 0.25) is 0 Å². The van der Waals surface area contributed by atoms with Gasteiger partial charge in [-0.15, -0.1) is 0 Å². The van der Waals surface area contributed by atoms with Gasteiger partial charge < -0.3 is 20.1 Å². The molecule has 0 aromatic heterocycles. The van der Waals surface area contributed by atoms with E-state index in [2.05, 4.69) is 21.2 Å². The Morgan fingerprint density at radius 2 is 1.84 bits per heavy atom. The average molecular weight is 413 g/mol. The topological polar surface area (TPSA) is 95.9 Å². The number of nitrogens with zero attached hydrogens (tertiary/aromatic N) is 1. The average Bonchev–Trinajstić information content (AvgIpc) is 2.90. The van der Waals surface area contributed by atoms with Crippen LogP contribution in [0.25, 0.3) is 0 Å². The lowest BCUT2D eigenvalue weighted by atomic mass is 9.99. The first-order chi connectivity index (χ1) is 11.5. The number of hydrogen-bond donors (Lipinski definition) is 2. The maximum atomic E-state index is 12.6. The van der Waals surface area contributed by atoms with Crippen LogP contribution >= 0.6 is 15.9 Å². The van der Waals surface area contributed by atoms with E-state index < -0.39 is 23.2 Å². The third-order valence-corrected chi connectivity index (χ3v) is 4.33. The Morgan fingerprint density at radius 1 is 1.24 bits per heavy atom. The highest BCUT2D eigenvalue weighted by molar-refractivity contribution is 9.10. The van der Waals surface area contributed by atoms with Crippen molar-refractivity contribution in [3.05, 3.63) is 34.3 Å². The number of carbonyl (C=O) groups is 3. The minimum absolute atomic E-state index is 0.115. The summed E-state index contributed by atoms with van der Waals surface area (Å²) >= 11 is 3.30. The van der Waals surface area contributed by atoms with Crippen LogP contribution < -0.4 is 5.32 Å². The molecule has 1 saturated heterocycles. The van der Waals surface area contributed by atoms with Gasteiger partial charge in [-0.05, 0) is 45.0 Å². The molecule has 1 atom stereocenters. The maximum absolute atomic E-state index is 12.6. The highest BCUT2D eigenvalue weighted by atomic mass is 79.9. The highest BCUT2D eigenvalue weighted by Gasteiger charge is 2.48. The zero-order valence-corrected chi connectivity index (χ0v) is 15.9. The Labute approximate surface area is 154 Å². The molecule has 2 rings (SSSR count). The van der Waals surface area contributed by atoms with E-state index >= 15 is 0 Å². The Hall–Kier alpha value is -2.09. The normalized spacial score (nSPS) is 20.2. The molecule has 2 N–H and O–H groups in total. The highest BCUT2D eigenvalue weighted by Crippen LogP contribution is 2.25. The number of aliphatic carboxylic acids is 1. The standard InChI is InChI=1S/C17H21BrN2O5/c1-16(2,3)25-15(24)19-17(14(22)23)8-9-20(10-17)13(21)11-4-6-12(18)7-5-11/h4-7H,8-10H2,1-3H3,(H,19,24)(H,22,23). The lowest BCUT2D eigenvalue weighted by Crippen LogP contribution is -2.57. The van der Waals surface area contributed by atoms with Gasteiger partial charge in [-0.25, -0.2) is 9.59 Å². The van der Waals surface area contributed by atoms with Crippen LogP contribution in [0.3, 0.4) is 0 Å². The second-order valence-corrected chi connectivity index (χ2v) is 7.91. The molecular weight excluding hydrogens is 392 g/mol. The van der Waals surface area contributed by atoms with Gasteiger partial charge in [0.2, 0.25) is 0 Å². The first kappa shape index (κ1) is 19.2. The monoisotopic (exact) mass is 412 g/mol. The van der Waals surface area contributed by atoms with Crippen LogP contribution in [0.4, 0.5) is 4.79 Å². The summed E-state index contributed by atoms with van der Waals surface area (Å²) in [6.45, 7) is 5.20. The zero-order valence-electron chi connectivity index (χ0n) is 14.3. The summed E-state index contributed by atoms with van der Waals surface area (Å²) in [5.41, 5.74) is -1.83. The first-order valence-electron chi connectivity index (χ1n) is 7.82. The minimum Gasteiger partial charge on any atom is -0.479 e. The molecular formula is C17H21BrN2O5. The van der Waals surface area contributed by atoms with Crippen molar-refractivity contribution in [2.75, 3.05) is 13.1 Å². The number of nitrogens with one attached hydrogen (secondary N) is 1. The van der Waals surface area contributed by atoms with Crippen molar-refractivity contribution in [2.45, 2.75) is 38.3 Å². The van der Waals surface area contributed by atoms with E-state index in [1.807, 2.05) is 0 Å². The molecule has 2 amide bonds. The van der Waals surface area contributed by atoms with Crippen LogP contribution in [-0.4, -0.2) is 52.2 Å². The number of amides is 2. The van der Waals surface area contributed by atoms with E-state index in [1.165, 1.54) is 4.90 Å². The second kappa shape index (κ2) is 7.03. The van der Waals surface area contributed by atoms with Crippen LogP contribution in [0.1, 0.15) is 37.6 Å². The number of carboxylic acids is 1. The summed E-state index contributed by atoms with van der Waals surface area (Å²) in [5, 5.41) is 12.0. The number of ether oxygens (including phenoxy) is 1. The number of hydrogen-bond acceptors (Lipinski definition) is 4. The summed E-state index contributed by atoms with van der Waals surface area (Å²) < 4.78 is 5.99. The van der Waals surface area contributed by atoms with Crippen molar-refractivity contribution < 1.29 is 24.2 Å². The second-order valence-electron chi connectivity index (χ2n) is 7.00. The van der Waals surface area contributed by atoms with Gasteiger partial charge in [0, 0.05) is 23.0 Å². The lowest BCUT2D eigenvalue weighted by Gasteiger charge is -2.28. The van der Waals surface area contributed by atoms with E-state index in [0.717, 1.165) is 4.47 Å². The Balaban J connectivity index is 2.12. The number of carboxylic acid groups (broad SMARTS) is 1. The van der Waals surface area contributed by atoms with Crippen molar-refractivity contribution in [3.8, 4) is 0 Å². The van der Waals surface area contributed by atoms with Gasteiger partial charge in [0.15, 0.2) is 5.54 Å². The molecule has 0 spiro atoms. The molecule has 8 heteroatoms. The SMILES string of the molecule is CC(C)(C)OC(=O)NC1(C(=O)O)CCN(C(=O)c2ccc(Br)cc2)C1. The molecule has 1 aliphatic rings. The fraction of sp³-hybridized carbons (Fsp3) is 0.471. The molecule has 1 unspecified atom stereocenters. The molecule has 1 aliphatic heterocycles. The smallest absolute Gasteiger partial charge is 0.408 e. The van der Waals surface area contributed by atoms with Gasteiger partial charge in [0.05, 0.1) is 6.54 Å². The molecule has 1 heterocycles. The quantitative estimate of drug-likeness (QED) is 0.795. The maximum Gasteiger partial charge on any atom is 0.408 e. The zero-order chi connectivity index (χ0) is 18.8. The molecule has 25 heavy (non-hydrogen) atoms. The van der Waals surface area contributed by atoms with Gasteiger partial charge >= 0.3 is 12.1 Å². The molecule has 7 nitrogen and oxygen atoms in total. The van der Waals surface area contributed by atoms with Gasteiger partial charge in [-0.2, -0.15) is 0 Å². The third kappa shape index (κ3) is 4.72. The lowest BCUT2D eigenvalue weighted by molar-refractivity contribution is -0.144. The van der Waals surface area contributed by atoms with Crippen molar-refractivity contribution >= 4 is 33.9 Å². The number of halogens is 1. The molecule has 1 fully saturated rings. The summed E-state index contributed by atoms with van der Waals surface area (Å²) in [7, 11) is 0. The molecule has 1 aromatic carbocycles. The van der Waals surface area contributed by atoms with Crippen molar-refractivity contribution in [2.24, 2.45) is 0 Å². The van der Waals surface area contributed by atoms with Crippen LogP contribution in [0, 0.1) is 0 Å². The predicted molar refractivity (Wildman–Crippen MR) is 94.4 cm³/mol. The van der Waals surface area contributed by atoms with Crippen LogP contribution in [0.15, 0.2) is 28.7 Å². The van der Waals surface area contributed by atoms with Crippen molar-refractivity contribution in [3.63, 3.8) is 0 Å². The molecule has 0 bridgehead atoms. The van der Waals surface area contributed by atoms with Gasteiger partial charge in [-0.3, -0.25) is 4.79 Å².